The molecule has 0 aromatic carbocycles. The van der Waals surface area contributed by atoms with Gasteiger partial charge < -0.3 is 4.79 Å². The summed E-state index contributed by atoms with van der Waals surface area (Å²) in [5.41, 5.74) is 4.38. The number of rotatable bonds is 12. The molecule has 2 nitrogen and oxygen atoms in total. The van der Waals surface area contributed by atoms with Crippen LogP contribution in [0.25, 0.3) is 0 Å². The Morgan fingerprint density at radius 3 is 2.59 bits per heavy atom. The molecule has 0 unspecified atom stereocenters. The van der Waals surface area contributed by atoms with Crippen LogP contribution in [0.15, 0.2) is 45.9 Å². The van der Waals surface area contributed by atoms with Gasteiger partial charge in [0.1, 0.15) is 12.1 Å². The van der Waals surface area contributed by atoms with Gasteiger partial charge >= 0.3 is 0 Å². The van der Waals surface area contributed by atoms with E-state index in [2.05, 4.69) is 58.9 Å². The van der Waals surface area contributed by atoms with Crippen LogP contribution in [-0.4, -0.2) is 17.8 Å². The van der Waals surface area contributed by atoms with Crippen molar-refractivity contribution in [3.63, 3.8) is 0 Å². The van der Waals surface area contributed by atoms with Crippen LogP contribution in [0.5, 0.6) is 0 Å². The molecule has 150 valence electrons. The van der Waals surface area contributed by atoms with E-state index in [0.717, 1.165) is 31.3 Å². The summed E-state index contributed by atoms with van der Waals surface area (Å²) in [5, 5.41) is 0. The second-order valence-corrected chi connectivity index (χ2v) is 9.42. The first-order valence-electron chi connectivity index (χ1n) is 10.1. The molecule has 0 spiro atoms. The number of ketones is 1. The predicted molar refractivity (Wildman–Crippen MR) is 119 cm³/mol. The first-order chi connectivity index (χ1) is 12.8. The van der Waals surface area contributed by atoms with E-state index in [1.165, 1.54) is 21.6 Å². The van der Waals surface area contributed by atoms with E-state index in [0.29, 0.717) is 25.7 Å². The fourth-order valence-corrected chi connectivity index (χ4v) is 4.13. The Hall–Kier alpha value is -1.35. The second kappa shape index (κ2) is 12.2. The highest BCUT2D eigenvalue weighted by Gasteiger charge is 2.14. The normalized spacial score (nSPS) is 15.6. The molecule has 1 aliphatic carbocycles. The van der Waals surface area contributed by atoms with Gasteiger partial charge in [0.2, 0.25) is 0 Å². The quantitative estimate of drug-likeness (QED) is 0.205. The van der Waals surface area contributed by atoms with E-state index in [9.17, 15) is 9.59 Å². The number of hydrogen-bond donors (Lipinski definition) is 0. The average molecular weight is 389 g/mol. The number of aldehydes is 1. The van der Waals surface area contributed by atoms with Crippen LogP contribution in [0.1, 0.15) is 79.6 Å². The number of carbonyl (C=O) groups is 2. The Morgan fingerprint density at radius 2 is 1.96 bits per heavy atom. The predicted octanol–water partition coefficient (Wildman–Crippen LogP) is 6.98. The zero-order valence-corrected chi connectivity index (χ0v) is 18.6. The van der Waals surface area contributed by atoms with Gasteiger partial charge in [0.15, 0.2) is 0 Å². The first-order valence-corrected chi connectivity index (χ1v) is 11.1. The third kappa shape index (κ3) is 9.95. The molecule has 0 atom stereocenters. The van der Waals surface area contributed by atoms with Gasteiger partial charge in [0.25, 0.3) is 0 Å². The van der Waals surface area contributed by atoms with E-state index < -0.39 is 0 Å². The smallest absolute Gasteiger partial charge is 0.136 e. The van der Waals surface area contributed by atoms with Crippen molar-refractivity contribution in [2.45, 2.75) is 79.6 Å². The molecule has 0 amide bonds. The number of unbranched alkanes of at least 4 members (excludes halogenated alkanes) is 1. The largest absolute Gasteiger partial charge is 0.303 e. The molecule has 0 aromatic rings. The van der Waals surface area contributed by atoms with Crippen molar-refractivity contribution < 1.29 is 9.59 Å². The zero-order chi connectivity index (χ0) is 20.3. The van der Waals surface area contributed by atoms with Crippen molar-refractivity contribution in [2.24, 2.45) is 5.41 Å². The number of Topliss-reactive ketones (excluding diaryl/α,β-unsaturated/α-hetero) is 1. The van der Waals surface area contributed by atoms with Gasteiger partial charge in [-0.3, -0.25) is 4.79 Å². The van der Waals surface area contributed by atoms with Crippen LogP contribution in [0.2, 0.25) is 0 Å². The van der Waals surface area contributed by atoms with Gasteiger partial charge in [-0.05, 0) is 36.5 Å². The standard InChI is InChI=1S/C24H36O2S/c1-6-21(24(3,4)5)11-9-10-19(2)18-27-23-14-13-20(17-23)16-22(26)12-7-8-15-25/h10-11,13-15H,6-9,12,16-18H2,1-5H3/b19-10-,21-11+. The third-order valence-corrected chi connectivity index (χ3v) is 6.02. The molecule has 3 heteroatoms. The summed E-state index contributed by atoms with van der Waals surface area (Å²) in [5.74, 6) is 1.25. The fourth-order valence-electron chi connectivity index (χ4n) is 3.15. The molecule has 0 aromatic heterocycles. The van der Waals surface area contributed by atoms with Crippen LogP contribution >= 0.6 is 11.8 Å². The summed E-state index contributed by atoms with van der Waals surface area (Å²) in [6.45, 7) is 11.3. The Kier molecular flexibility index (Phi) is 10.7. The number of allylic oxidation sites excluding steroid dienone is 7. The van der Waals surface area contributed by atoms with Crippen LogP contribution in [0, 0.1) is 5.41 Å². The van der Waals surface area contributed by atoms with Crippen LogP contribution in [0.4, 0.5) is 0 Å². The van der Waals surface area contributed by atoms with Gasteiger partial charge in [-0.25, -0.2) is 0 Å². The summed E-state index contributed by atoms with van der Waals surface area (Å²) in [4.78, 5) is 23.6. The van der Waals surface area contributed by atoms with Gasteiger partial charge in [0, 0.05) is 31.4 Å². The van der Waals surface area contributed by atoms with Crippen molar-refractivity contribution in [2.75, 3.05) is 5.75 Å². The van der Waals surface area contributed by atoms with E-state index >= 15 is 0 Å². The summed E-state index contributed by atoms with van der Waals surface area (Å²) in [7, 11) is 0. The molecule has 1 aliphatic rings. The minimum Gasteiger partial charge on any atom is -0.303 e. The summed E-state index contributed by atoms with van der Waals surface area (Å²) < 4.78 is 0. The number of carbonyl (C=O) groups excluding carboxylic acids is 2. The topological polar surface area (TPSA) is 34.1 Å². The summed E-state index contributed by atoms with van der Waals surface area (Å²) in [6.07, 6.45) is 15.1. The number of thioether (sulfide) groups is 1. The monoisotopic (exact) mass is 388 g/mol. The minimum absolute atomic E-state index is 0.246. The van der Waals surface area contributed by atoms with Gasteiger partial charge in [-0.15, -0.1) is 11.8 Å². The van der Waals surface area contributed by atoms with Crippen molar-refractivity contribution in [3.8, 4) is 0 Å². The Morgan fingerprint density at radius 1 is 1.22 bits per heavy atom. The van der Waals surface area contributed by atoms with Crippen LogP contribution < -0.4 is 0 Å². The zero-order valence-electron chi connectivity index (χ0n) is 17.8. The molecule has 27 heavy (non-hydrogen) atoms. The molecule has 0 aliphatic heterocycles. The maximum atomic E-state index is 11.9. The third-order valence-electron chi connectivity index (χ3n) is 4.77. The molecule has 0 N–H and O–H groups in total. The maximum absolute atomic E-state index is 11.9. The molecule has 0 heterocycles. The SMILES string of the molecule is CC/C(=C\C/C=C(/C)CSC1=CC=C(CC(=O)CCCC=O)C1)C(C)(C)C. The molecular formula is C24H36O2S. The summed E-state index contributed by atoms with van der Waals surface area (Å²) >= 11 is 1.88. The Balaban J connectivity index is 2.33. The highest BCUT2D eigenvalue weighted by atomic mass is 32.2. The minimum atomic E-state index is 0.246. The van der Waals surface area contributed by atoms with Crippen LogP contribution in [0.3, 0.4) is 0 Å². The van der Waals surface area contributed by atoms with Crippen molar-refractivity contribution in [1.82, 2.24) is 0 Å². The Bertz CT molecular complexity index is 627. The lowest BCUT2D eigenvalue weighted by molar-refractivity contribution is -0.118. The van der Waals surface area contributed by atoms with Gasteiger partial charge in [0.05, 0.1) is 0 Å². The molecule has 0 radical (unpaired) electrons. The molecule has 0 bridgehead atoms. The first kappa shape index (κ1) is 23.7. The molecule has 0 saturated heterocycles. The van der Waals surface area contributed by atoms with Crippen molar-refractivity contribution in [1.29, 1.82) is 0 Å². The van der Waals surface area contributed by atoms with E-state index in [1.54, 1.807) is 0 Å². The lowest BCUT2D eigenvalue weighted by Crippen LogP contribution is -2.08. The second-order valence-electron chi connectivity index (χ2n) is 8.32. The van der Waals surface area contributed by atoms with Crippen molar-refractivity contribution in [3.05, 3.63) is 45.9 Å². The number of hydrogen-bond acceptors (Lipinski definition) is 3. The maximum Gasteiger partial charge on any atom is 0.136 e. The summed E-state index contributed by atoms with van der Waals surface area (Å²) in [6, 6.07) is 0. The molecule has 1 rings (SSSR count). The van der Waals surface area contributed by atoms with E-state index in [1.807, 2.05) is 11.8 Å². The lowest BCUT2D eigenvalue weighted by Gasteiger charge is -2.22. The van der Waals surface area contributed by atoms with Gasteiger partial charge in [-0.1, -0.05) is 68.7 Å². The van der Waals surface area contributed by atoms with E-state index in [-0.39, 0.29) is 11.2 Å². The fraction of sp³-hybridized carbons (Fsp3) is 0.583. The molecule has 0 saturated carbocycles. The van der Waals surface area contributed by atoms with E-state index in [4.69, 9.17) is 0 Å². The Labute approximate surface area is 170 Å². The van der Waals surface area contributed by atoms with Gasteiger partial charge in [-0.2, -0.15) is 0 Å². The average Bonchev–Trinajstić information content (AvgIpc) is 3.03. The molecular weight excluding hydrogens is 352 g/mol. The highest BCUT2D eigenvalue weighted by Crippen LogP contribution is 2.32. The molecule has 0 fully saturated rings. The lowest BCUT2D eigenvalue weighted by atomic mass is 9.84. The van der Waals surface area contributed by atoms with Crippen LogP contribution in [-0.2, 0) is 9.59 Å². The highest BCUT2D eigenvalue weighted by molar-refractivity contribution is 8.03. The van der Waals surface area contributed by atoms with Crippen molar-refractivity contribution >= 4 is 23.8 Å².